The van der Waals surface area contributed by atoms with Crippen LogP contribution in [-0.4, -0.2) is 28.8 Å². The highest BCUT2D eigenvalue weighted by molar-refractivity contribution is 8.02. The molecule has 5 heteroatoms. The van der Waals surface area contributed by atoms with E-state index >= 15 is 0 Å². The number of rotatable bonds is 11. The molecule has 0 aliphatic carbocycles. The molecule has 0 saturated heterocycles. The van der Waals surface area contributed by atoms with Crippen molar-refractivity contribution in [2.24, 2.45) is 0 Å². The van der Waals surface area contributed by atoms with Gasteiger partial charge in [-0.2, -0.15) is 0 Å². The monoisotopic (exact) mass is 365 g/mol. The lowest BCUT2D eigenvalue weighted by atomic mass is 10.1. The quantitative estimate of drug-likeness (QED) is 0.406. The molecule has 0 bridgehead atoms. The fourth-order valence-electron chi connectivity index (χ4n) is 1.93. The normalized spacial score (nSPS) is 13.6. The molecule has 0 aromatic carbocycles. The Hall–Kier alpha value is -1.75. The summed E-state index contributed by atoms with van der Waals surface area (Å²) < 4.78 is 0. The van der Waals surface area contributed by atoms with Crippen LogP contribution in [0.4, 0.5) is 0 Å². The first-order valence-electron chi connectivity index (χ1n) is 8.46. The van der Waals surface area contributed by atoms with Crippen LogP contribution in [-0.2, 0) is 9.59 Å². The van der Waals surface area contributed by atoms with Crippen LogP contribution in [0.2, 0.25) is 0 Å². The average molecular weight is 366 g/mol. The lowest BCUT2D eigenvalue weighted by Gasteiger charge is -2.10. The standard InChI is InChI=1S/C20H31NO3S/c1-15(2)8-6-9-16(3)10-7-11-17(4)12-13-25-14-19(20(23)24)21-18(5)22/h8,10-13,19H,6-7,9,14H2,1-5H3,(H,21,22)(H,23,24)/b13-12-,16-10-,17-11-. The largest absolute Gasteiger partial charge is 0.480 e. The van der Waals surface area contributed by atoms with E-state index in [1.54, 1.807) is 0 Å². The fourth-order valence-corrected chi connectivity index (χ4v) is 2.77. The van der Waals surface area contributed by atoms with Crippen molar-refractivity contribution in [1.29, 1.82) is 0 Å². The number of hydrogen-bond acceptors (Lipinski definition) is 3. The van der Waals surface area contributed by atoms with Crippen molar-refractivity contribution < 1.29 is 14.7 Å². The van der Waals surface area contributed by atoms with Gasteiger partial charge in [-0.3, -0.25) is 4.79 Å². The van der Waals surface area contributed by atoms with E-state index in [2.05, 4.69) is 44.3 Å². The molecule has 140 valence electrons. The Bertz CT molecular complexity index is 555. The molecule has 0 radical (unpaired) electrons. The van der Waals surface area contributed by atoms with Gasteiger partial charge in [0.15, 0.2) is 0 Å². The summed E-state index contributed by atoms with van der Waals surface area (Å²) in [6.45, 7) is 9.72. The molecule has 0 rings (SSSR count). The topological polar surface area (TPSA) is 66.4 Å². The summed E-state index contributed by atoms with van der Waals surface area (Å²) in [5.41, 5.74) is 3.88. The predicted octanol–water partition coefficient (Wildman–Crippen LogP) is 4.85. The van der Waals surface area contributed by atoms with Crippen molar-refractivity contribution in [2.45, 2.75) is 59.9 Å². The van der Waals surface area contributed by atoms with Crippen LogP contribution in [0, 0.1) is 0 Å². The number of hydrogen-bond donors (Lipinski definition) is 2. The van der Waals surface area contributed by atoms with Crippen molar-refractivity contribution in [1.82, 2.24) is 5.32 Å². The van der Waals surface area contributed by atoms with Gasteiger partial charge in [0.2, 0.25) is 5.91 Å². The summed E-state index contributed by atoms with van der Waals surface area (Å²) in [5.74, 6) is -1.04. The molecule has 25 heavy (non-hydrogen) atoms. The lowest BCUT2D eigenvalue weighted by molar-refractivity contribution is -0.140. The van der Waals surface area contributed by atoms with Crippen LogP contribution in [0.25, 0.3) is 0 Å². The van der Waals surface area contributed by atoms with E-state index in [0.29, 0.717) is 5.75 Å². The zero-order valence-electron chi connectivity index (χ0n) is 16.0. The van der Waals surface area contributed by atoms with E-state index in [1.807, 2.05) is 18.4 Å². The Morgan fingerprint density at radius 1 is 1.08 bits per heavy atom. The third-order valence-electron chi connectivity index (χ3n) is 3.36. The molecule has 0 aliphatic rings. The minimum atomic E-state index is -1.02. The summed E-state index contributed by atoms with van der Waals surface area (Å²) in [6, 6.07) is -0.858. The van der Waals surface area contributed by atoms with Gasteiger partial charge in [-0.15, -0.1) is 11.8 Å². The second-order valence-corrected chi connectivity index (χ2v) is 7.22. The van der Waals surface area contributed by atoms with Crippen molar-refractivity contribution in [3.8, 4) is 0 Å². The van der Waals surface area contributed by atoms with Crippen molar-refractivity contribution in [2.75, 3.05) is 5.75 Å². The van der Waals surface area contributed by atoms with Gasteiger partial charge in [-0.25, -0.2) is 4.79 Å². The van der Waals surface area contributed by atoms with Gasteiger partial charge in [0.1, 0.15) is 6.04 Å². The smallest absolute Gasteiger partial charge is 0.327 e. The number of aliphatic carboxylic acids is 1. The number of amides is 1. The van der Waals surface area contributed by atoms with Crippen molar-refractivity contribution in [3.05, 3.63) is 46.4 Å². The number of carboxylic acids is 1. The molecule has 1 atom stereocenters. The molecular weight excluding hydrogens is 334 g/mol. The molecule has 0 saturated carbocycles. The summed E-state index contributed by atoms with van der Waals surface area (Å²) in [6.07, 6.45) is 11.7. The SMILES string of the molecule is CC(=O)NC(CS/C=C\C(C)=C/C/C=C(/C)CCC=C(C)C)C(=O)O. The van der Waals surface area contributed by atoms with Gasteiger partial charge in [0.25, 0.3) is 0 Å². The molecule has 4 nitrogen and oxygen atoms in total. The van der Waals surface area contributed by atoms with Crippen molar-refractivity contribution in [3.63, 3.8) is 0 Å². The molecular formula is C20H31NO3S. The van der Waals surface area contributed by atoms with Crippen LogP contribution in [0.5, 0.6) is 0 Å². The Labute approximate surface area is 156 Å². The molecule has 2 N–H and O–H groups in total. The predicted molar refractivity (Wildman–Crippen MR) is 108 cm³/mol. The molecule has 1 amide bonds. The van der Waals surface area contributed by atoms with Crippen LogP contribution in [0.3, 0.4) is 0 Å². The van der Waals surface area contributed by atoms with Gasteiger partial charge in [0.05, 0.1) is 0 Å². The summed E-state index contributed by atoms with van der Waals surface area (Å²) in [4.78, 5) is 22.0. The number of nitrogens with one attached hydrogen (secondary N) is 1. The Kier molecular flexibility index (Phi) is 12.6. The number of thioether (sulfide) groups is 1. The molecule has 0 aromatic heterocycles. The molecule has 0 aliphatic heterocycles. The zero-order chi connectivity index (χ0) is 19.2. The van der Waals surface area contributed by atoms with E-state index in [4.69, 9.17) is 5.11 Å². The molecule has 0 aromatic rings. The maximum Gasteiger partial charge on any atom is 0.327 e. The van der Waals surface area contributed by atoms with E-state index in [-0.39, 0.29) is 5.91 Å². The minimum absolute atomic E-state index is 0.308. The van der Waals surface area contributed by atoms with Crippen molar-refractivity contribution >= 4 is 23.6 Å². The maximum atomic E-state index is 11.0. The maximum absolute atomic E-state index is 11.0. The first-order valence-corrected chi connectivity index (χ1v) is 9.51. The van der Waals surface area contributed by atoms with E-state index in [9.17, 15) is 9.59 Å². The third kappa shape index (κ3) is 14.3. The van der Waals surface area contributed by atoms with Gasteiger partial charge in [0, 0.05) is 12.7 Å². The zero-order valence-corrected chi connectivity index (χ0v) is 16.8. The van der Waals surface area contributed by atoms with Crippen LogP contribution < -0.4 is 5.32 Å². The third-order valence-corrected chi connectivity index (χ3v) is 4.22. The second kappa shape index (κ2) is 13.5. The molecule has 1 unspecified atom stereocenters. The number of carbonyl (C=O) groups excluding carboxylic acids is 1. The highest BCUT2D eigenvalue weighted by Crippen LogP contribution is 2.11. The van der Waals surface area contributed by atoms with E-state index in [1.165, 1.54) is 29.8 Å². The number of carboxylic acid groups (broad SMARTS) is 1. The highest BCUT2D eigenvalue weighted by atomic mass is 32.2. The van der Waals surface area contributed by atoms with Gasteiger partial charge in [-0.05, 0) is 52.4 Å². The van der Waals surface area contributed by atoms with Crippen LogP contribution >= 0.6 is 11.8 Å². The van der Waals surface area contributed by atoms with E-state index < -0.39 is 12.0 Å². The van der Waals surface area contributed by atoms with Gasteiger partial charge < -0.3 is 10.4 Å². The summed E-state index contributed by atoms with van der Waals surface area (Å²) >= 11 is 1.37. The van der Waals surface area contributed by atoms with Gasteiger partial charge in [-0.1, -0.05) is 41.0 Å². The summed E-state index contributed by atoms with van der Waals surface area (Å²) in [7, 11) is 0. The van der Waals surface area contributed by atoms with E-state index in [0.717, 1.165) is 24.8 Å². The Morgan fingerprint density at radius 2 is 1.76 bits per heavy atom. The number of carbonyl (C=O) groups is 2. The summed E-state index contributed by atoms with van der Waals surface area (Å²) in [5, 5.41) is 13.3. The molecule has 0 fully saturated rings. The first-order chi connectivity index (χ1) is 11.7. The van der Waals surface area contributed by atoms with Crippen LogP contribution in [0.15, 0.2) is 46.4 Å². The minimum Gasteiger partial charge on any atom is -0.480 e. The van der Waals surface area contributed by atoms with Gasteiger partial charge >= 0.3 is 5.97 Å². The number of allylic oxidation sites excluding steroid dienone is 7. The lowest BCUT2D eigenvalue weighted by Crippen LogP contribution is -2.41. The second-order valence-electron chi connectivity index (χ2n) is 6.28. The Balaban J connectivity index is 4.25. The Morgan fingerprint density at radius 3 is 2.32 bits per heavy atom. The average Bonchev–Trinajstić information content (AvgIpc) is 2.49. The van der Waals surface area contributed by atoms with Crippen LogP contribution in [0.1, 0.15) is 53.9 Å². The highest BCUT2D eigenvalue weighted by Gasteiger charge is 2.17. The first kappa shape index (κ1) is 23.2. The fraction of sp³-hybridized carbons (Fsp3) is 0.500. The molecule has 0 spiro atoms. The molecule has 0 heterocycles.